The summed E-state index contributed by atoms with van der Waals surface area (Å²) < 4.78 is 112. The summed E-state index contributed by atoms with van der Waals surface area (Å²) in [5, 5.41) is -0.0903. The Morgan fingerprint density at radius 3 is 1.35 bits per heavy atom. The molecule has 8 heterocycles. The molecular formula is C97H157F2N15O9S3. The van der Waals surface area contributed by atoms with Crippen LogP contribution in [0.1, 0.15) is 303 Å². The van der Waals surface area contributed by atoms with E-state index in [1.165, 1.54) is 31.5 Å². The maximum Gasteiger partial charge on any atom is 0.316 e. The minimum Gasteiger partial charge on any atom is -0.463 e. The summed E-state index contributed by atoms with van der Waals surface area (Å²) in [5.41, 5.74) is 3.04. The van der Waals surface area contributed by atoms with Gasteiger partial charge in [0.2, 0.25) is 20.0 Å². The Labute approximate surface area is 758 Å². The van der Waals surface area contributed by atoms with Gasteiger partial charge in [0.15, 0.2) is 21.4 Å². The summed E-state index contributed by atoms with van der Waals surface area (Å²) in [6.07, 6.45) is 32.7. The lowest BCUT2D eigenvalue weighted by molar-refractivity contribution is 0.0127. The van der Waals surface area contributed by atoms with Crippen LogP contribution in [0, 0.1) is 49.2 Å². The number of ketones is 1. The lowest BCUT2D eigenvalue weighted by Crippen LogP contribution is -2.37. The van der Waals surface area contributed by atoms with Crippen molar-refractivity contribution in [3.05, 3.63) is 151 Å². The van der Waals surface area contributed by atoms with Gasteiger partial charge in [-0.05, 0) is 182 Å². The number of Topliss-reactive ketones (excluding diaryl/α,β-unsaturated/α-hetero) is 1. The van der Waals surface area contributed by atoms with Crippen molar-refractivity contribution >= 4 is 47.3 Å². The topological polar surface area (TPSA) is 310 Å². The van der Waals surface area contributed by atoms with Crippen LogP contribution in [0.4, 0.5) is 20.4 Å². The highest BCUT2D eigenvalue weighted by molar-refractivity contribution is 7.91. The number of hydrogen-bond donors (Lipinski definition) is 2. The van der Waals surface area contributed by atoms with Gasteiger partial charge in [-0.1, -0.05) is 190 Å². The average molecular weight is 1810 g/mol. The van der Waals surface area contributed by atoms with Crippen LogP contribution in [0.2, 0.25) is 0 Å². The third-order valence-corrected chi connectivity index (χ3v) is 24.7. The summed E-state index contributed by atoms with van der Waals surface area (Å²) in [5.74, 6) is 3.60. The molecule has 706 valence electrons. The lowest BCUT2D eigenvalue weighted by atomic mass is 9.89. The second kappa shape index (κ2) is 51.1. The van der Waals surface area contributed by atoms with E-state index in [1.54, 1.807) is 85.7 Å². The minimum absolute atomic E-state index is 0.0415. The van der Waals surface area contributed by atoms with E-state index < -0.39 is 35.8 Å². The molecule has 24 nitrogen and oxygen atoms in total. The third kappa shape index (κ3) is 53.4. The molecule has 2 N–H and O–H groups in total. The van der Waals surface area contributed by atoms with Crippen LogP contribution in [-0.4, -0.2) is 162 Å². The van der Waals surface area contributed by atoms with Gasteiger partial charge in [0, 0.05) is 139 Å². The zero-order valence-corrected chi connectivity index (χ0v) is 83.6. The zero-order chi connectivity index (χ0) is 94.5. The molecule has 4 fully saturated rings. The van der Waals surface area contributed by atoms with E-state index >= 15 is 0 Å². The van der Waals surface area contributed by atoms with Crippen molar-refractivity contribution in [2.75, 3.05) is 80.4 Å². The number of piperidine rings is 1. The lowest BCUT2D eigenvalue weighted by Gasteiger charge is -2.28. The Balaban J connectivity index is 0.000000303. The number of carbonyl (C=O) groups is 1. The summed E-state index contributed by atoms with van der Waals surface area (Å²) in [6.45, 7) is 60.1. The molecule has 0 unspecified atom stereocenters. The van der Waals surface area contributed by atoms with Gasteiger partial charge in [-0.2, -0.15) is 8.78 Å². The van der Waals surface area contributed by atoms with Crippen LogP contribution in [0.25, 0.3) is 11.1 Å². The van der Waals surface area contributed by atoms with Crippen molar-refractivity contribution in [1.82, 2.24) is 64.3 Å². The molecule has 126 heavy (non-hydrogen) atoms. The van der Waals surface area contributed by atoms with Gasteiger partial charge >= 0.3 is 6.01 Å². The number of benzene rings is 1. The van der Waals surface area contributed by atoms with Crippen molar-refractivity contribution < 1.29 is 48.3 Å². The molecule has 2 aliphatic carbocycles. The first-order valence-corrected chi connectivity index (χ1v) is 49.9. The Morgan fingerprint density at radius 1 is 0.452 bits per heavy atom. The van der Waals surface area contributed by atoms with Gasteiger partial charge in [-0.15, -0.1) is 0 Å². The summed E-state index contributed by atoms with van der Waals surface area (Å²) in [6, 6.07) is 19.4. The fourth-order valence-corrected chi connectivity index (χ4v) is 16.3. The number of aromatic nitrogens is 11. The number of carbonyl (C=O) groups excluding carboxylic acids is 1. The van der Waals surface area contributed by atoms with Crippen molar-refractivity contribution in [2.24, 2.45) is 49.2 Å². The minimum atomic E-state index is -3.33. The summed E-state index contributed by atoms with van der Waals surface area (Å²) in [7, 11) is -9.03. The number of anilines is 2. The average Bonchev–Trinajstić information content (AvgIpc) is 1.68. The molecule has 11 rings (SSSR count). The molecule has 2 saturated carbocycles. The smallest absolute Gasteiger partial charge is 0.316 e. The molecule has 2 aliphatic heterocycles. The summed E-state index contributed by atoms with van der Waals surface area (Å²) in [4.78, 5) is 62.9. The van der Waals surface area contributed by atoms with Crippen molar-refractivity contribution in [1.29, 1.82) is 0 Å². The van der Waals surface area contributed by atoms with E-state index in [1.807, 2.05) is 24.5 Å². The molecule has 7 aromatic rings. The van der Waals surface area contributed by atoms with Crippen LogP contribution in [0.5, 0.6) is 6.01 Å². The number of alkyl halides is 2. The molecule has 2 saturated heterocycles. The van der Waals surface area contributed by atoms with Crippen LogP contribution in [0.15, 0.2) is 127 Å². The number of hydrogen-bond acceptors (Lipinski definition) is 22. The molecule has 29 heteroatoms. The van der Waals surface area contributed by atoms with E-state index in [0.717, 1.165) is 176 Å². The number of morpholine rings is 1. The molecule has 0 atom stereocenters. The summed E-state index contributed by atoms with van der Waals surface area (Å²) >= 11 is 0. The predicted octanol–water partition coefficient (Wildman–Crippen LogP) is 20.9. The van der Waals surface area contributed by atoms with Gasteiger partial charge in [0.25, 0.3) is 5.92 Å². The molecule has 4 aliphatic rings. The number of nitrogens with one attached hydrogen (secondary N) is 2. The molecule has 0 bridgehead atoms. The van der Waals surface area contributed by atoms with Crippen LogP contribution in [-0.2, 0) is 59.8 Å². The molecule has 6 aromatic heterocycles. The maximum atomic E-state index is 13.1. The van der Waals surface area contributed by atoms with Crippen molar-refractivity contribution in [3.63, 3.8) is 0 Å². The standard InChI is InChI=1S/C16H19F2N3.C14H23N3.C13H21N3O.C12H18N2O.C12H19NO2S.C11H22O2S.C10H16N2O.C9H19NO2S/c1-15(2,3)7-14-20-9-12(10-21-14)11-5-6-13(19-8-11)16(4,17)18;1-14(2,3)11-12-15-8-7-13(16-12)17-9-5-4-6-10-17;1-13(2,3)10-11-14-5-4-12(15-11)16-6-8-17-9-7-16;1-12(2,3)7-4-6-10(15)11-13-8-5-9-14-11;1-12(2,3)9-10-13-16(14,15)11-7-5-4-6-8-11;1-11(2,3)7-4-8-14(12,13)9-10-5-6-10;1-10(2,3)5-8-13-9-11-6-4-7-12-9;1-9(2,3)6-7-10-13(11,12)8-4-5-8/h5-6,8-10H,7H2,1-4H3;7-8H,4-6,9-11H2,1-3H3;4-5H,6-10H2,1-3H3;5,8-9H,4,6-7H2,1-3H3;4-8,13H,9-10H2,1-3H3;10H,4-9H2,1-3H3;4,6-7H,5,8H2,1-3H3;8,10H,4-7H2,1-3H3. The number of halogens is 2. The first-order valence-electron chi connectivity index (χ1n) is 45.0. The molecule has 0 spiro atoms. The van der Waals surface area contributed by atoms with E-state index in [9.17, 15) is 38.8 Å². The fraction of sp³-hybridized carbons (Fsp3) is 0.670. The largest absolute Gasteiger partial charge is 0.463 e. The second-order valence-electron chi connectivity index (χ2n) is 43.0. The molecule has 1 aromatic carbocycles. The van der Waals surface area contributed by atoms with Gasteiger partial charge < -0.3 is 19.3 Å². The highest BCUT2D eigenvalue weighted by atomic mass is 32.2. The van der Waals surface area contributed by atoms with Gasteiger partial charge in [-0.25, -0.2) is 84.5 Å². The molecular weight excluding hydrogens is 1650 g/mol. The van der Waals surface area contributed by atoms with Crippen LogP contribution >= 0.6 is 0 Å². The van der Waals surface area contributed by atoms with Gasteiger partial charge in [-0.3, -0.25) is 9.78 Å². The van der Waals surface area contributed by atoms with E-state index in [0.29, 0.717) is 65.7 Å². The zero-order valence-electron chi connectivity index (χ0n) is 81.2. The highest BCUT2D eigenvalue weighted by Gasteiger charge is 2.36. The van der Waals surface area contributed by atoms with Gasteiger partial charge in [0.1, 0.15) is 34.8 Å². The van der Waals surface area contributed by atoms with E-state index in [4.69, 9.17) is 14.5 Å². The second-order valence-corrected chi connectivity index (χ2v) is 49.1. The van der Waals surface area contributed by atoms with Crippen LogP contribution < -0.4 is 24.0 Å². The number of sulfonamides is 2. The number of rotatable bonds is 27. The maximum absolute atomic E-state index is 13.1. The quantitative estimate of drug-likeness (QED) is 0.0452. The monoisotopic (exact) mass is 1810 g/mol. The number of nitrogens with zero attached hydrogens (tertiary/aromatic N) is 13. The van der Waals surface area contributed by atoms with Crippen molar-refractivity contribution in [3.8, 4) is 17.1 Å². The SMILES string of the molecule is CC(C)(C)CCCC(=O)c1ncccn1.CC(C)(C)CCCS(=O)(=O)CC1CC1.CC(C)(C)CCNS(=O)(=O)C1CC1.CC(C)(C)CCNS(=O)(=O)c1ccccc1.CC(C)(C)CCOc1ncccn1.CC(C)(C)Cc1ncc(-c2ccc(C(C)(F)F)nc2)cn1.CC(C)(C)Cc1nccc(N2CCCCC2)n1.CC(C)(C)Cc1nccc(N2CCOCC2)n1. The first kappa shape index (κ1) is 111. The van der Waals surface area contributed by atoms with Gasteiger partial charge in [0.05, 0.1) is 41.5 Å². The first-order chi connectivity index (χ1) is 58.2. The number of pyridine rings is 1. The van der Waals surface area contributed by atoms with Crippen molar-refractivity contribution in [2.45, 2.75) is 305 Å². The Morgan fingerprint density at radius 2 is 0.905 bits per heavy atom. The number of ether oxygens (including phenoxy) is 2. The normalized spacial score (nSPS) is 14.9. The molecule has 0 amide bonds. The fourth-order valence-electron chi connectivity index (χ4n) is 12.1. The van der Waals surface area contributed by atoms with E-state index in [2.05, 4.69) is 235 Å². The predicted molar refractivity (Wildman–Crippen MR) is 509 cm³/mol. The Kier molecular flexibility index (Phi) is 45.0. The highest BCUT2D eigenvalue weighted by Crippen LogP contribution is 2.33. The van der Waals surface area contributed by atoms with Crippen LogP contribution in [0.3, 0.4) is 0 Å². The number of sulfone groups is 1. The van der Waals surface area contributed by atoms with E-state index in [-0.39, 0.29) is 54.6 Å². The Hall–Kier alpha value is -7.57. The third-order valence-electron chi connectivity index (χ3n) is 19.4. The Bertz CT molecular complexity index is 4510. The molecule has 0 radical (unpaired) electrons.